The number of carbonyl (C=O) groups is 1. The maximum absolute atomic E-state index is 13.4. The molecule has 156 valence electrons. The standard InChI is InChI=1S/C28H21NO3/c1-18(19-10-3-2-4-11-19)29-23-15-9-14-22-26(23)27(30)32-28(22)20-12-5-7-16-24(20)31-25-17-8-6-13-21(25)28/h2-18,29H,1H3. The van der Waals surface area contributed by atoms with Crippen LogP contribution in [0.5, 0.6) is 11.5 Å². The first-order chi connectivity index (χ1) is 15.7. The van der Waals surface area contributed by atoms with Crippen LogP contribution in [0.1, 0.15) is 45.6 Å². The summed E-state index contributed by atoms with van der Waals surface area (Å²) in [4.78, 5) is 13.4. The third-order valence-corrected chi connectivity index (χ3v) is 6.32. The van der Waals surface area contributed by atoms with Crippen LogP contribution in [0.3, 0.4) is 0 Å². The molecule has 0 bridgehead atoms. The third kappa shape index (κ3) is 2.59. The van der Waals surface area contributed by atoms with Crippen molar-refractivity contribution in [1.82, 2.24) is 0 Å². The average Bonchev–Trinajstić information content (AvgIpc) is 3.14. The molecule has 0 saturated heterocycles. The van der Waals surface area contributed by atoms with Crippen molar-refractivity contribution in [3.63, 3.8) is 0 Å². The molecule has 2 aliphatic heterocycles. The van der Waals surface area contributed by atoms with E-state index in [4.69, 9.17) is 9.47 Å². The number of ether oxygens (including phenoxy) is 2. The van der Waals surface area contributed by atoms with E-state index < -0.39 is 5.60 Å². The molecule has 4 aromatic rings. The summed E-state index contributed by atoms with van der Waals surface area (Å²) in [6.07, 6.45) is 0. The number of rotatable bonds is 3. The Morgan fingerprint density at radius 3 is 2.00 bits per heavy atom. The molecular formula is C28H21NO3. The van der Waals surface area contributed by atoms with E-state index in [1.807, 2.05) is 84.9 Å². The number of para-hydroxylation sites is 2. The zero-order chi connectivity index (χ0) is 21.7. The van der Waals surface area contributed by atoms with Crippen LogP contribution in [0.15, 0.2) is 97.1 Å². The first kappa shape index (κ1) is 18.7. The molecule has 0 amide bonds. The van der Waals surface area contributed by atoms with Crippen LogP contribution in [-0.2, 0) is 10.3 Å². The number of anilines is 1. The normalized spacial score (nSPS) is 15.7. The van der Waals surface area contributed by atoms with Crippen molar-refractivity contribution in [1.29, 1.82) is 0 Å². The minimum Gasteiger partial charge on any atom is -0.456 e. The van der Waals surface area contributed by atoms with Gasteiger partial charge in [-0.3, -0.25) is 0 Å². The Morgan fingerprint density at radius 1 is 0.719 bits per heavy atom. The highest BCUT2D eigenvalue weighted by Crippen LogP contribution is 2.56. The molecule has 1 unspecified atom stereocenters. The van der Waals surface area contributed by atoms with Crippen molar-refractivity contribution in [2.45, 2.75) is 18.6 Å². The molecule has 2 heterocycles. The largest absolute Gasteiger partial charge is 0.456 e. The summed E-state index contributed by atoms with van der Waals surface area (Å²) in [5.74, 6) is 1.06. The van der Waals surface area contributed by atoms with Gasteiger partial charge >= 0.3 is 5.97 Å². The van der Waals surface area contributed by atoms with E-state index in [2.05, 4.69) is 24.4 Å². The molecule has 4 nitrogen and oxygen atoms in total. The van der Waals surface area contributed by atoms with Crippen molar-refractivity contribution in [3.05, 3.63) is 125 Å². The van der Waals surface area contributed by atoms with Gasteiger partial charge in [0.25, 0.3) is 0 Å². The Balaban J connectivity index is 1.54. The second kappa shape index (κ2) is 6.99. The number of carbonyl (C=O) groups excluding carboxylic acids is 1. The Hall–Kier alpha value is -4.05. The molecule has 2 aliphatic rings. The van der Waals surface area contributed by atoms with Gasteiger partial charge in [0.1, 0.15) is 11.5 Å². The second-order valence-electron chi connectivity index (χ2n) is 8.17. The molecule has 6 rings (SSSR count). The number of hydrogen-bond acceptors (Lipinski definition) is 4. The summed E-state index contributed by atoms with van der Waals surface area (Å²) in [7, 11) is 0. The fraction of sp³-hybridized carbons (Fsp3) is 0.107. The van der Waals surface area contributed by atoms with E-state index in [0.717, 1.165) is 27.9 Å². The third-order valence-electron chi connectivity index (χ3n) is 6.32. The zero-order valence-corrected chi connectivity index (χ0v) is 17.5. The lowest BCUT2D eigenvalue weighted by molar-refractivity contribution is 0.0225. The minimum absolute atomic E-state index is 0.0290. The van der Waals surface area contributed by atoms with E-state index in [1.54, 1.807) is 0 Å². The van der Waals surface area contributed by atoms with Gasteiger partial charge in [0.15, 0.2) is 5.60 Å². The van der Waals surface area contributed by atoms with E-state index >= 15 is 0 Å². The van der Waals surface area contributed by atoms with Gasteiger partial charge in [-0.25, -0.2) is 4.79 Å². The molecule has 1 spiro atoms. The lowest BCUT2D eigenvalue weighted by Gasteiger charge is -2.36. The van der Waals surface area contributed by atoms with Crippen LogP contribution in [0.25, 0.3) is 0 Å². The molecule has 32 heavy (non-hydrogen) atoms. The molecule has 0 saturated carbocycles. The van der Waals surface area contributed by atoms with E-state index in [9.17, 15) is 4.79 Å². The predicted octanol–water partition coefficient (Wildman–Crippen LogP) is 6.43. The molecule has 4 heteroatoms. The molecule has 0 fully saturated rings. The van der Waals surface area contributed by atoms with E-state index in [0.29, 0.717) is 17.1 Å². The SMILES string of the molecule is CC(Nc1cccc2c1C(=O)OC21c2ccccc2Oc2ccccc21)c1ccccc1. The topological polar surface area (TPSA) is 47.6 Å². The summed E-state index contributed by atoms with van der Waals surface area (Å²) in [6.45, 7) is 2.09. The van der Waals surface area contributed by atoms with Crippen molar-refractivity contribution >= 4 is 11.7 Å². The van der Waals surface area contributed by atoms with Gasteiger partial charge in [0.05, 0.1) is 5.56 Å². The quantitative estimate of drug-likeness (QED) is 0.389. The van der Waals surface area contributed by atoms with Crippen molar-refractivity contribution < 1.29 is 14.3 Å². The van der Waals surface area contributed by atoms with Crippen molar-refractivity contribution in [3.8, 4) is 11.5 Å². The fourth-order valence-corrected chi connectivity index (χ4v) is 4.85. The smallest absolute Gasteiger partial charge is 0.342 e. The van der Waals surface area contributed by atoms with Gasteiger partial charge in [0, 0.05) is 28.4 Å². The summed E-state index contributed by atoms with van der Waals surface area (Å²) in [5.41, 5.74) is 3.94. The number of benzene rings is 4. The van der Waals surface area contributed by atoms with Crippen LogP contribution in [0.4, 0.5) is 5.69 Å². The monoisotopic (exact) mass is 419 g/mol. The summed E-state index contributed by atoms with van der Waals surface area (Å²) < 4.78 is 12.4. The number of hydrogen-bond donors (Lipinski definition) is 1. The molecule has 1 N–H and O–H groups in total. The highest BCUT2D eigenvalue weighted by Gasteiger charge is 2.54. The Morgan fingerprint density at radius 2 is 1.31 bits per heavy atom. The van der Waals surface area contributed by atoms with Gasteiger partial charge in [-0.15, -0.1) is 0 Å². The van der Waals surface area contributed by atoms with Crippen LogP contribution < -0.4 is 10.1 Å². The van der Waals surface area contributed by atoms with Gasteiger partial charge in [-0.2, -0.15) is 0 Å². The van der Waals surface area contributed by atoms with Crippen molar-refractivity contribution in [2.24, 2.45) is 0 Å². The Bertz CT molecular complexity index is 1300. The number of fused-ring (bicyclic) bond motifs is 6. The molecule has 4 aromatic carbocycles. The molecular weight excluding hydrogens is 398 g/mol. The second-order valence-corrected chi connectivity index (χ2v) is 8.17. The molecule has 1 atom stereocenters. The highest BCUT2D eigenvalue weighted by molar-refractivity contribution is 6.02. The lowest BCUT2D eigenvalue weighted by Crippen LogP contribution is -2.32. The number of esters is 1. The van der Waals surface area contributed by atoms with Crippen LogP contribution in [0.2, 0.25) is 0 Å². The zero-order valence-electron chi connectivity index (χ0n) is 17.5. The van der Waals surface area contributed by atoms with Gasteiger partial charge in [-0.1, -0.05) is 78.9 Å². The van der Waals surface area contributed by atoms with Crippen molar-refractivity contribution in [2.75, 3.05) is 5.32 Å². The van der Waals surface area contributed by atoms with Crippen LogP contribution in [0, 0.1) is 0 Å². The van der Waals surface area contributed by atoms with E-state index in [1.165, 1.54) is 0 Å². The van der Waals surface area contributed by atoms with Crippen LogP contribution >= 0.6 is 0 Å². The van der Waals surface area contributed by atoms with Gasteiger partial charge in [-0.05, 0) is 30.7 Å². The number of nitrogens with one attached hydrogen (secondary N) is 1. The Kier molecular flexibility index (Phi) is 4.08. The molecule has 0 aliphatic carbocycles. The molecule has 0 radical (unpaired) electrons. The van der Waals surface area contributed by atoms with Gasteiger partial charge in [0.2, 0.25) is 0 Å². The predicted molar refractivity (Wildman–Crippen MR) is 123 cm³/mol. The first-order valence-electron chi connectivity index (χ1n) is 10.7. The minimum atomic E-state index is -1.04. The lowest BCUT2D eigenvalue weighted by atomic mass is 9.77. The summed E-state index contributed by atoms with van der Waals surface area (Å²) in [6, 6.07) is 31.6. The summed E-state index contributed by atoms with van der Waals surface area (Å²) in [5, 5.41) is 3.53. The van der Waals surface area contributed by atoms with Gasteiger partial charge < -0.3 is 14.8 Å². The highest BCUT2D eigenvalue weighted by atomic mass is 16.6. The summed E-state index contributed by atoms with van der Waals surface area (Å²) >= 11 is 0. The van der Waals surface area contributed by atoms with E-state index in [-0.39, 0.29) is 12.0 Å². The molecule has 0 aromatic heterocycles. The first-order valence-corrected chi connectivity index (χ1v) is 10.7. The average molecular weight is 419 g/mol. The Labute approximate surface area is 186 Å². The van der Waals surface area contributed by atoms with Crippen LogP contribution in [-0.4, -0.2) is 5.97 Å². The maximum Gasteiger partial charge on any atom is 0.342 e. The fourth-order valence-electron chi connectivity index (χ4n) is 4.85. The maximum atomic E-state index is 13.4.